The fraction of sp³-hybridized carbons (Fsp3) is 0.207. The lowest BCUT2D eigenvalue weighted by atomic mass is 9.87. The second kappa shape index (κ2) is 12.0. The van der Waals surface area contributed by atoms with E-state index >= 15 is 0 Å². The van der Waals surface area contributed by atoms with Crippen LogP contribution in [0.4, 0.5) is 0 Å². The topological polar surface area (TPSA) is 106 Å². The van der Waals surface area contributed by atoms with Gasteiger partial charge in [0.15, 0.2) is 5.78 Å². The maximum absolute atomic E-state index is 14.2. The first-order chi connectivity index (χ1) is 18.8. The van der Waals surface area contributed by atoms with Crippen LogP contribution in [-0.4, -0.2) is 61.2 Å². The molecule has 0 bridgehead atoms. The van der Waals surface area contributed by atoms with Crippen molar-refractivity contribution < 1.29 is 22.7 Å². The number of halogens is 2. The van der Waals surface area contributed by atoms with Crippen LogP contribution in [0.15, 0.2) is 90.1 Å². The highest BCUT2D eigenvalue weighted by Gasteiger charge is 2.58. The maximum atomic E-state index is 14.2. The Morgan fingerprint density at radius 2 is 1.62 bits per heavy atom. The Kier molecular flexibility index (Phi) is 8.92. The van der Waals surface area contributed by atoms with Crippen molar-refractivity contribution in [1.29, 1.82) is 0 Å². The molecular weight excluding hydrogens is 573 g/mol. The molecule has 0 amide bonds. The Morgan fingerprint density at radius 3 is 2.33 bits per heavy atom. The Morgan fingerprint density at radius 1 is 0.975 bits per heavy atom. The highest BCUT2D eigenvalue weighted by molar-refractivity contribution is 7.89. The summed E-state index contributed by atoms with van der Waals surface area (Å²) in [6.45, 7) is 1.54. The second-order valence-electron chi connectivity index (χ2n) is 9.13. The van der Waals surface area contributed by atoms with Crippen molar-refractivity contribution in [3.05, 3.63) is 95.8 Å². The summed E-state index contributed by atoms with van der Waals surface area (Å²) in [5.74, 6) is -1.58. The summed E-state index contributed by atoms with van der Waals surface area (Å²) >= 11 is 6.08. The van der Waals surface area contributed by atoms with Gasteiger partial charge in [0.1, 0.15) is 0 Å². The number of ether oxygens (including phenoxy) is 1. The van der Waals surface area contributed by atoms with Crippen LogP contribution in [0.5, 0.6) is 0 Å². The van der Waals surface area contributed by atoms with Gasteiger partial charge in [-0.05, 0) is 65.2 Å². The number of sulfonamides is 1. The number of Topliss-reactive ketones (excluding diaryl/α,β-unsaturated/α-hetero) is 1. The number of esters is 1. The Bertz CT molecular complexity index is 1650. The summed E-state index contributed by atoms with van der Waals surface area (Å²) in [5, 5.41) is 5.00. The number of nitrogens with one attached hydrogen (secondary N) is 1. The van der Waals surface area contributed by atoms with Gasteiger partial charge in [0.25, 0.3) is 0 Å². The second-order valence-corrected chi connectivity index (χ2v) is 11.4. The zero-order chi connectivity index (χ0) is 27.6. The summed E-state index contributed by atoms with van der Waals surface area (Å²) in [4.78, 5) is 31.7. The normalized spacial score (nSPS) is 17.6. The van der Waals surface area contributed by atoms with E-state index in [0.717, 1.165) is 20.8 Å². The Hall–Kier alpha value is -3.34. The fourth-order valence-corrected chi connectivity index (χ4v) is 6.76. The molecule has 208 valence electrons. The minimum absolute atomic E-state index is 0. The van der Waals surface area contributed by atoms with Crippen LogP contribution >= 0.6 is 24.0 Å². The molecule has 40 heavy (non-hydrogen) atoms. The number of carbonyl (C=O) groups excluding carboxylic acids is 2. The van der Waals surface area contributed by atoms with Crippen LogP contribution in [0, 0.1) is 0 Å². The molecule has 1 N–H and O–H groups in total. The predicted octanol–water partition coefficient (Wildman–Crippen LogP) is 4.76. The average molecular weight is 601 g/mol. The maximum Gasteiger partial charge on any atom is 0.337 e. The fourth-order valence-electron chi connectivity index (χ4n) is 4.84. The third-order valence-electron chi connectivity index (χ3n) is 6.81. The van der Waals surface area contributed by atoms with Crippen molar-refractivity contribution in [2.45, 2.75) is 17.4 Å². The lowest BCUT2D eigenvalue weighted by Crippen LogP contribution is -2.71. The van der Waals surface area contributed by atoms with Crippen molar-refractivity contribution in [2.75, 3.05) is 26.2 Å². The van der Waals surface area contributed by atoms with E-state index in [2.05, 4.69) is 10.3 Å². The van der Waals surface area contributed by atoms with Gasteiger partial charge < -0.3 is 10.1 Å². The van der Waals surface area contributed by atoms with E-state index in [4.69, 9.17) is 16.3 Å². The zero-order valence-corrected chi connectivity index (χ0v) is 23.9. The molecule has 1 unspecified atom stereocenters. The highest BCUT2D eigenvalue weighted by Crippen LogP contribution is 2.33. The molecule has 0 radical (unpaired) electrons. The number of hydrogen-bond acceptors (Lipinski definition) is 7. The van der Waals surface area contributed by atoms with Crippen LogP contribution in [0.25, 0.3) is 21.9 Å². The Balaban J connectivity index is 0.00000370. The molecule has 11 heteroatoms. The predicted molar refractivity (Wildman–Crippen MR) is 156 cm³/mol. The van der Waals surface area contributed by atoms with Gasteiger partial charge in [-0.15, -0.1) is 12.4 Å². The molecule has 4 aromatic rings. The summed E-state index contributed by atoms with van der Waals surface area (Å²) in [7, 11) is -4.31. The van der Waals surface area contributed by atoms with Gasteiger partial charge in [-0.25, -0.2) is 13.2 Å². The van der Waals surface area contributed by atoms with Crippen LogP contribution < -0.4 is 5.32 Å². The third kappa shape index (κ3) is 5.35. The van der Waals surface area contributed by atoms with Crippen molar-refractivity contribution in [3.63, 3.8) is 0 Å². The molecule has 8 nitrogen and oxygen atoms in total. The number of carbonyl (C=O) groups is 2. The molecule has 1 saturated heterocycles. The number of fused-ring (bicyclic) bond motifs is 1. The highest BCUT2D eigenvalue weighted by atomic mass is 35.5. The minimum Gasteiger partial charge on any atom is -0.464 e. The van der Waals surface area contributed by atoms with E-state index < -0.39 is 27.3 Å². The van der Waals surface area contributed by atoms with E-state index in [9.17, 15) is 18.0 Å². The monoisotopic (exact) mass is 599 g/mol. The lowest BCUT2D eigenvalue weighted by Gasteiger charge is -2.42. The number of aromatic nitrogens is 1. The van der Waals surface area contributed by atoms with Gasteiger partial charge in [-0.2, -0.15) is 4.31 Å². The van der Waals surface area contributed by atoms with Crippen LogP contribution in [-0.2, 0) is 19.6 Å². The van der Waals surface area contributed by atoms with E-state index in [1.165, 1.54) is 12.1 Å². The number of rotatable bonds is 7. The number of nitrogens with zero attached hydrogens (tertiary/aromatic N) is 2. The third-order valence-corrected chi connectivity index (χ3v) is 8.97. The molecular formula is C29H27Cl2N3O5S. The average Bonchev–Trinajstić information content (AvgIpc) is 2.97. The molecule has 1 aromatic heterocycles. The van der Waals surface area contributed by atoms with E-state index in [1.54, 1.807) is 67.8 Å². The minimum atomic E-state index is -4.31. The number of benzene rings is 3. The van der Waals surface area contributed by atoms with Gasteiger partial charge in [0.05, 0.1) is 11.5 Å². The summed E-state index contributed by atoms with van der Waals surface area (Å²) in [6, 6.07) is 20.2. The van der Waals surface area contributed by atoms with Gasteiger partial charge >= 0.3 is 5.97 Å². The molecule has 3 aromatic carbocycles. The van der Waals surface area contributed by atoms with Crippen LogP contribution in [0.3, 0.4) is 0 Å². The molecule has 1 atom stereocenters. The zero-order valence-electron chi connectivity index (χ0n) is 21.5. The number of ketones is 1. The first kappa shape index (κ1) is 29.6. The molecule has 1 fully saturated rings. The smallest absolute Gasteiger partial charge is 0.337 e. The van der Waals surface area contributed by atoms with Crippen LogP contribution in [0.1, 0.15) is 17.3 Å². The summed E-state index contributed by atoms with van der Waals surface area (Å²) in [6.07, 6.45) is 3.34. The number of hydrogen-bond donors (Lipinski definition) is 1. The van der Waals surface area contributed by atoms with Gasteiger partial charge in [0.2, 0.25) is 15.6 Å². The molecule has 1 aliphatic rings. The van der Waals surface area contributed by atoms with Crippen molar-refractivity contribution in [1.82, 2.24) is 14.6 Å². The molecule has 5 rings (SSSR count). The Labute approximate surface area is 243 Å². The summed E-state index contributed by atoms with van der Waals surface area (Å²) < 4.78 is 34.5. The van der Waals surface area contributed by atoms with E-state index in [0.29, 0.717) is 10.4 Å². The van der Waals surface area contributed by atoms with Crippen molar-refractivity contribution >= 4 is 56.6 Å². The lowest BCUT2D eigenvalue weighted by molar-refractivity contribution is -0.152. The quantitative estimate of drug-likeness (QED) is 0.185. The number of pyridine rings is 1. The standard InChI is InChI=1S/C29H26ClN3O5S.ClH/c1-2-38-28(35)29(27(34)22-5-3-20(4-6-22)21-11-13-31-14-12-21)19-32-15-16-33(29)39(36,37)26-10-8-23-17-25(30)9-7-24(23)18-26;/h3-14,17-18,32H,2,15-16,19H2,1H3;1H. The SMILES string of the molecule is CCOC(=O)C1(C(=O)c2ccc(-c3ccncc3)cc2)CNCCN1S(=O)(=O)c1ccc2cc(Cl)ccc2c1.Cl. The van der Waals surface area contributed by atoms with Crippen molar-refractivity contribution in [2.24, 2.45) is 0 Å². The first-order valence-electron chi connectivity index (χ1n) is 12.4. The van der Waals surface area contributed by atoms with Gasteiger partial charge in [-0.3, -0.25) is 9.78 Å². The first-order valence-corrected chi connectivity index (χ1v) is 14.2. The molecule has 0 saturated carbocycles. The van der Waals surface area contributed by atoms with E-state index in [1.807, 2.05) is 12.1 Å². The van der Waals surface area contributed by atoms with Crippen LogP contribution in [0.2, 0.25) is 5.02 Å². The summed E-state index contributed by atoms with van der Waals surface area (Å²) in [5.41, 5.74) is -0.176. The van der Waals surface area contributed by atoms with Crippen molar-refractivity contribution in [3.8, 4) is 11.1 Å². The largest absolute Gasteiger partial charge is 0.464 e. The molecule has 0 spiro atoms. The molecule has 1 aliphatic heterocycles. The molecule has 0 aliphatic carbocycles. The number of piperazine rings is 1. The molecule has 2 heterocycles. The van der Waals surface area contributed by atoms with Gasteiger partial charge in [-0.1, -0.05) is 48.0 Å². The van der Waals surface area contributed by atoms with Gasteiger partial charge in [0, 0.05) is 42.6 Å². The van der Waals surface area contributed by atoms with E-state index in [-0.39, 0.29) is 49.1 Å².